The molecule has 4 nitrogen and oxygen atoms in total. The molecule has 55 heavy (non-hydrogen) atoms. The Labute approximate surface area is 272 Å². The quantitative estimate of drug-likeness (QED) is 0.124. The van der Waals surface area contributed by atoms with Gasteiger partial charge >= 0.3 is 103 Å². The van der Waals surface area contributed by atoms with E-state index in [-0.39, 0.29) is 0 Å². The van der Waals surface area contributed by atoms with Crippen LogP contribution in [0, 0.1) is 0 Å². The molecule has 1 N–H and O–H groups in total. The highest BCUT2D eigenvalue weighted by molar-refractivity contribution is 7.47. The third kappa shape index (κ3) is 6.94. The number of hydrogen-bond donors (Lipinski definition) is 1. The molecule has 0 aromatic rings. The Morgan fingerprint density at radius 2 is 0.382 bits per heavy atom. The van der Waals surface area contributed by atoms with E-state index in [0.717, 1.165) is 9.05 Å². The molecule has 39 heteroatoms. The van der Waals surface area contributed by atoms with Gasteiger partial charge in [0.15, 0.2) is 0 Å². The summed E-state index contributed by atoms with van der Waals surface area (Å²) in [6.45, 7) is 0. The zero-order chi connectivity index (χ0) is 45.9. The largest absolute Gasteiger partial charge is 0.482 e. The first-order valence-electron chi connectivity index (χ1n) is 11.1. The predicted octanol–water partition coefficient (Wildman–Crippen LogP) is 11.1. The Balaban J connectivity index is 7.17. The van der Waals surface area contributed by atoms with E-state index in [0.29, 0.717) is 0 Å². The average molecular weight is 934 g/mol. The lowest BCUT2D eigenvalue weighted by Crippen LogP contribution is -2.74. The maximum absolute atomic E-state index is 13.7. The van der Waals surface area contributed by atoms with Crippen molar-refractivity contribution in [1.29, 1.82) is 0 Å². The van der Waals surface area contributed by atoms with Gasteiger partial charge in [0.2, 0.25) is 0 Å². The first-order valence-corrected chi connectivity index (χ1v) is 12.6. The van der Waals surface area contributed by atoms with Crippen molar-refractivity contribution in [2.24, 2.45) is 0 Å². The third-order valence-corrected chi connectivity index (χ3v) is 6.77. The van der Waals surface area contributed by atoms with Gasteiger partial charge in [-0.2, -0.15) is 149 Å². The van der Waals surface area contributed by atoms with Gasteiger partial charge in [0.1, 0.15) is 0 Å². The van der Waals surface area contributed by atoms with E-state index in [4.69, 9.17) is 4.89 Å². The minimum absolute atomic E-state index is 1.12. The normalized spacial score (nSPS) is 17.2. The third-order valence-electron chi connectivity index (χ3n) is 5.85. The molecule has 0 unspecified atom stereocenters. The van der Waals surface area contributed by atoms with Gasteiger partial charge in [-0.05, 0) is 0 Å². The van der Waals surface area contributed by atoms with Crippen LogP contribution in [0.3, 0.4) is 0 Å². The van der Waals surface area contributed by atoms with Gasteiger partial charge in [0.05, 0.1) is 0 Å². The SMILES string of the molecule is O=P(O)(OC(F)(F)C(F)(F)C(F)(F)C(F)(F)C(F)(F)C(F)(F)C(F)(F)C(F)(F)F)OC(F)(F)C(F)(F)C(F)(F)C(F)(F)C(F)(F)C(F)(F)C(F)(F)C(F)(F)F. The summed E-state index contributed by atoms with van der Waals surface area (Å²) in [4.78, 5) is 8.46. The summed E-state index contributed by atoms with van der Waals surface area (Å²) in [7, 11) is -9.44. The van der Waals surface area contributed by atoms with Crippen molar-refractivity contribution in [3.63, 3.8) is 0 Å². The molecule has 0 amide bonds. The van der Waals surface area contributed by atoms with Gasteiger partial charge < -0.3 is 4.89 Å². The second kappa shape index (κ2) is 12.9. The lowest BCUT2D eigenvalue weighted by atomic mass is 9.91. The van der Waals surface area contributed by atoms with Gasteiger partial charge in [-0.3, -0.25) is 0 Å². The van der Waals surface area contributed by atoms with Crippen LogP contribution in [0.1, 0.15) is 0 Å². The molecule has 0 rings (SSSR count). The molecule has 0 aliphatic heterocycles. The van der Waals surface area contributed by atoms with Crippen molar-refractivity contribution in [2.45, 2.75) is 95.6 Å². The fraction of sp³-hybridized carbons (Fsp3) is 1.00. The van der Waals surface area contributed by atoms with Crippen LogP contribution in [0.2, 0.25) is 0 Å². The molecule has 0 atom stereocenters. The van der Waals surface area contributed by atoms with Crippen LogP contribution >= 0.6 is 7.82 Å². The molecule has 332 valence electrons. The predicted molar refractivity (Wildman–Crippen MR) is 93.4 cm³/mol. The van der Waals surface area contributed by atoms with Crippen molar-refractivity contribution in [3.05, 3.63) is 0 Å². The smallest absolute Gasteiger partial charge is 0.302 e. The van der Waals surface area contributed by atoms with Gasteiger partial charge in [0.25, 0.3) is 0 Å². The summed E-state index contributed by atoms with van der Waals surface area (Å²) < 4.78 is 460. The Morgan fingerprint density at radius 3 is 0.527 bits per heavy atom. The van der Waals surface area contributed by atoms with Crippen LogP contribution in [0.15, 0.2) is 0 Å². The van der Waals surface area contributed by atoms with Gasteiger partial charge in [-0.15, -0.1) is 0 Å². The van der Waals surface area contributed by atoms with Crippen molar-refractivity contribution in [2.75, 3.05) is 0 Å². The van der Waals surface area contributed by atoms with E-state index < -0.39 is 103 Å². The van der Waals surface area contributed by atoms with E-state index in [1.54, 1.807) is 0 Å². The lowest BCUT2D eigenvalue weighted by Gasteiger charge is -2.43. The van der Waals surface area contributed by atoms with Crippen molar-refractivity contribution in [3.8, 4) is 0 Å². The number of hydrogen-bond acceptors (Lipinski definition) is 3. The van der Waals surface area contributed by atoms with Crippen LogP contribution in [0.5, 0.6) is 0 Å². The number of alkyl halides is 34. The second-order valence-corrected chi connectivity index (χ2v) is 10.9. The van der Waals surface area contributed by atoms with Crippen LogP contribution in [0.4, 0.5) is 149 Å². The minimum atomic E-state index is -9.59. The Morgan fingerprint density at radius 1 is 0.255 bits per heavy atom. The van der Waals surface area contributed by atoms with Crippen LogP contribution in [-0.4, -0.2) is 101 Å². The van der Waals surface area contributed by atoms with Crippen LogP contribution < -0.4 is 0 Å². The van der Waals surface area contributed by atoms with E-state index in [1.165, 1.54) is 0 Å². The first-order chi connectivity index (χ1) is 22.9. The molecular formula is C16HF34O4P. The zero-order valence-electron chi connectivity index (χ0n) is 23.0. The molecular weight excluding hydrogens is 933 g/mol. The Hall–Kier alpha value is -2.27. The fourth-order valence-corrected chi connectivity index (χ4v) is 3.57. The summed E-state index contributed by atoms with van der Waals surface area (Å²) in [6.07, 6.45) is -34.4. The second-order valence-electron chi connectivity index (χ2n) is 9.57. The monoisotopic (exact) mass is 934 g/mol. The van der Waals surface area contributed by atoms with Crippen molar-refractivity contribution < 1.29 is 168 Å². The zero-order valence-corrected chi connectivity index (χ0v) is 23.9. The van der Waals surface area contributed by atoms with E-state index >= 15 is 0 Å². The molecule has 0 saturated heterocycles. The van der Waals surface area contributed by atoms with E-state index in [9.17, 15) is 154 Å². The van der Waals surface area contributed by atoms with Crippen LogP contribution in [-0.2, 0) is 13.6 Å². The first kappa shape index (κ1) is 52.7. The number of phosphoric acid groups is 1. The number of rotatable bonds is 16. The molecule has 0 bridgehead atoms. The number of halogens is 34. The Kier molecular flexibility index (Phi) is 12.3. The highest BCUT2D eigenvalue weighted by Crippen LogP contribution is 2.68. The van der Waals surface area contributed by atoms with Gasteiger partial charge in [-0.1, -0.05) is 0 Å². The molecule has 0 saturated carbocycles. The summed E-state index contributed by atoms with van der Waals surface area (Å²) >= 11 is 0. The highest BCUT2D eigenvalue weighted by Gasteiger charge is 2.98. The topological polar surface area (TPSA) is 55.8 Å². The van der Waals surface area contributed by atoms with Crippen molar-refractivity contribution >= 4 is 7.82 Å². The van der Waals surface area contributed by atoms with Crippen molar-refractivity contribution in [1.82, 2.24) is 0 Å². The summed E-state index contributed by atoms with van der Waals surface area (Å²) in [6, 6.07) is 0. The summed E-state index contributed by atoms with van der Waals surface area (Å²) in [5.41, 5.74) is 0. The minimum Gasteiger partial charge on any atom is -0.302 e. The molecule has 0 radical (unpaired) electrons. The highest BCUT2D eigenvalue weighted by atomic mass is 31.2. The number of phosphoric ester groups is 1. The van der Waals surface area contributed by atoms with Crippen LogP contribution in [0.25, 0.3) is 0 Å². The molecule has 0 heterocycles. The molecule has 0 aliphatic carbocycles. The summed E-state index contributed by atoms with van der Waals surface area (Å²) in [5.74, 6) is -112. The van der Waals surface area contributed by atoms with E-state index in [1.807, 2.05) is 0 Å². The molecule has 0 aromatic heterocycles. The molecule has 0 fully saturated rings. The molecule has 0 spiro atoms. The fourth-order valence-electron chi connectivity index (χ4n) is 2.72. The lowest BCUT2D eigenvalue weighted by molar-refractivity contribution is -0.476. The molecule has 0 aromatic carbocycles. The summed E-state index contributed by atoms with van der Waals surface area (Å²) in [5, 5.41) is 0. The maximum Gasteiger partial charge on any atom is 0.482 e. The van der Waals surface area contributed by atoms with Gasteiger partial charge in [-0.25, -0.2) is 13.6 Å². The molecule has 0 aliphatic rings. The average Bonchev–Trinajstić information content (AvgIpc) is 2.89. The van der Waals surface area contributed by atoms with Gasteiger partial charge in [0, 0.05) is 0 Å². The Bertz CT molecular complexity index is 1350. The van der Waals surface area contributed by atoms with E-state index in [2.05, 4.69) is 0 Å². The maximum atomic E-state index is 13.7. The standard InChI is InChI=1S/C16HF34O4P/c17-1(18,5(25,26)9(33,34)13(41,42)43)3(21,22)7(29,30)11(37,38)15(47,48)53-55(51,52)54-16(49,50)12(39,40)8(31,32)4(23,24)2(19,20)6(27,28)10(35,36)14(44,45)46/h(H,51,52).